The molecule has 5 heteroatoms. The van der Waals surface area contributed by atoms with E-state index in [9.17, 15) is 0 Å². The normalized spacial score (nSPS) is 10.9. The van der Waals surface area contributed by atoms with Gasteiger partial charge in [0.1, 0.15) is 0 Å². The van der Waals surface area contributed by atoms with Crippen LogP contribution in [0.2, 0.25) is 0 Å². The van der Waals surface area contributed by atoms with Gasteiger partial charge in [-0.3, -0.25) is 5.43 Å². The van der Waals surface area contributed by atoms with Crippen molar-refractivity contribution in [2.45, 2.75) is 40.5 Å². The van der Waals surface area contributed by atoms with E-state index in [4.69, 9.17) is 12.2 Å². The number of thiocarbonyl (C=S) groups is 1. The van der Waals surface area contributed by atoms with Crippen LogP contribution in [0.5, 0.6) is 0 Å². The van der Waals surface area contributed by atoms with Crippen molar-refractivity contribution in [1.82, 2.24) is 5.43 Å². The quantitative estimate of drug-likeness (QED) is 0.394. The molecule has 0 unspecified atom stereocenters. The smallest absolute Gasteiger partial charge is 0.191 e. The maximum Gasteiger partial charge on any atom is 0.191 e. The number of rotatable bonds is 7. The number of hydrazone groups is 1. The summed E-state index contributed by atoms with van der Waals surface area (Å²) in [5.74, 6) is 0. The third-order valence-electron chi connectivity index (χ3n) is 4.48. The topological polar surface area (TPSA) is 39.7 Å². The van der Waals surface area contributed by atoms with Crippen molar-refractivity contribution in [1.29, 1.82) is 0 Å². The molecule has 2 aromatic carbocycles. The fourth-order valence-corrected chi connectivity index (χ4v) is 3.18. The average molecular weight is 383 g/mol. The summed E-state index contributed by atoms with van der Waals surface area (Å²) < 4.78 is 0. The first-order valence-electron chi connectivity index (χ1n) is 9.39. The van der Waals surface area contributed by atoms with Crippen molar-refractivity contribution in [3.63, 3.8) is 0 Å². The van der Waals surface area contributed by atoms with E-state index in [0.717, 1.165) is 17.8 Å². The zero-order valence-corrected chi connectivity index (χ0v) is 17.8. The Morgan fingerprint density at radius 2 is 1.74 bits per heavy atom. The van der Waals surface area contributed by atoms with Gasteiger partial charge in [0.2, 0.25) is 0 Å². The average Bonchev–Trinajstić information content (AvgIpc) is 2.63. The van der Waals surface area contributed by atoms with Crippen LogP contribution in [0.1, 0.15) is 42.0 Å². The molecule has 0 aliphatic carbocycles. The molecule has 0 heterocycles. The predicted octanol–water partition coefficient (Wildman–Crippen LogP) is 5.17. The van der Waals surface area contributed by atoms with E-state index in [1.165, 1.54) is 35.2 Å². The van der Waals surface area contributed by atoms with E-state index in [-0.39, 0.29) is 0 Å². The molecule has 0 saturated heterocycles. The molecule has 0 bridgehead atoms. The minimum absolute atomic E-state index is 0.484. The van der Waals surface area contributed by atoms with Gasteiger partial charge in [-0.25, -0.2) is 0 Å². The van der Waals surface area contributed by atoms with E-state index < -0.39 is 0 Å². The Kier molecular flexibility index (Phi) is 7.80. The highest BCUT2D eigenvalue weighted by Crippen LogP contribution is 2.21. The highest BCUT2D eigenvalue weighted by molar-refractivity contribution is 7.80. The maximum absolute atomic E-state index is 5.36. The van der Waals surface area contributed by atoms with Crippen molar-refractivity contribution < 1.29 is 0 Å². The molecule has 0 spiro atoms. The summed E-state index contributed by atoms with van der Waals surface area (Å²) in [5.41, 5.74) is 9.76. The van der Waals surface area contributed by atoms with E-state index in [2.05, 4.69) is 91.9 Å². The van der Waals surface area contributed by atoms with Gasteiger partial charge in [-0.05, 0) is 68.2 Å². The van der Waals surface area contributed by atoms with Gasteiger partial charge < -0.3 is 10.2 Å². The second-order valence-corrected chi connectivity index (χ2v) is 7.37. The number of hydrogen-bond acceptors (Lipinski definition) is 3. The van der Waals surface area contributed by atoms with Crippen molar-refractivity contribution in [3.8, 4) is 0 Å². The molecule has 2 aromatic rings. The fourth-order valence-electron chi connectivity index (χ4n) is 3.02. The van der Waals surface area contributed by atoms with E-state index in [0.29, 0.717) is 5.11 Å². The maximum atomic E-state index is 5.36. The molecule has 0 fully saturated rings. The first-order valence-corrected chi connectivity index (χ1v) is 9.80. The fraction of sp³-hybridized carbons (Fsp3) is 0.364. The van der Waals surface area contributed by atoms with Crippen LogP contribution in [-0.2, 0) is 0 Å². The summed E-state index contributed by atoms with van der Waals surface area (Å²) in [5, 5.41) is 7.97. The number of aryl methyl sites for hydroxylation is 3. The van der Waals surface area contributed by atoms with Gasteiger partial charge in [-0.15, -0.1) is 0 Å². The van der Waals surface area contributed by atoms with Gasteiger partial charge in [0.25, 0.3) is 0 Å². The molecule has 0 atom stereocenters. The largest absolute Gasteiger partial charge is 0.375 e. The molecule has 0 saturated carbocycles. The standard InChI is InChI=1S/C22H30N4S/c1-6-7-12-26(5)20-10-8-19(9-11-20)15-23-25-22(27)24-21-17(3)13-16(2)14-18(21)4/h8-11,13-15H,6-7,12H2,1-5H3,(H2,24,25,27)/b23-15+. The number of unbranched alkanes of at least 4 members (excludes halogenated alkanes) is 1. The number of anilines is 2. The lowest BCUT2D eigenvalue weighted by Crippen LogP contribution is -2.24. The summed E-state index contributed by atoms with van der Waals surface area (Å²) in [7, 11) is 2.12. The van der Waals surface area contributed by atoms with Crippen LogP contribution in [0.4, 0.5) is 11.4 Å². The SMILES string of the molecule is CCCCN(C)c1ccc(/C=N/NC(=S)Nc2c(C)cc(C)cc2C)cc1. The molecule has 27 heavy (non-hydrogen) atoms. The summed E-state index contributed by atoms with van der Waals surface area (Å²) in [4.78, 5) is 2.27. The molecular formula is C22H30N4S. The molecule has 4 nitrogen and oxygen atoms in total. The van der Waals surface area contributed by atoms with Crippen molar-refractivity contribution >= 4 is 34.9 Å². The van der Waals surface area contributed by atoms with Crippen LogP contribution in [0.25, 0.3) is 0 Å². The molecule has 2 rings (SSSR count). The number of nitrogens with one attached hydrogen (secondary N) is 2. The van der Waals surface area contributed by atoms with E-state index >= 15 is 0 Å². The van der Waals surface area contributed by atoms with Gasteiger partial charge in [-0.1, -0.05) is 43.2 Å². The summed E-state index contributed by atoms with van der Waals surface area (Å²) in [6, 6.07) is 12.6. The van der Waals surface area contributed by atoms with Gasteiger partial charge in [0.15, 0.2) is 5.11 Å². The lowest BCUT2D eigenvalue weighted by atomic mass is 10.1. The lowest BCUT2D eigenvalue weighted by Gasteiger charge is -2.18. The Labute approximate surface area is 168 Å². The van der Waals surface area contributed by atoms with Gasteiger partial charge >= 0.3 is 0 Å². The Balaban J connectivity index is 1.90. The minimum atomic E-state index is 0.484. The first kappa shape index (κ1) is 20.9. The number of benzene rings is 2. The molecule has 2 N–H and O–H groups in total. The monoisotopic (exact) mass is 382 g/mol. The van der Waals surface area contributed by atoms with Crippen LogP contribution in [0.3, 0.4) is 0 Å². The van der Waals surface area contributed by atoms with Crippen LogP contribution in [-0.4, -0.2) is 24.9 Å². The lowest BCUT2D eigenvalue weighted by molar-refractivity contribution is 0.767. The van der Waals surface area contributed by atoms with Gasteiger partial charge in [0.05, 0.1) is 6.21 Å². The molecule has 0 aromatic heterocycles. The van der Waals surface area contributed by atoms with E-state index in [1.807, 2.05) is 0 Å². The second-order valence-electron chi connectivity index (χ2n) is 6.96. The summed E-state index contributed by atoms with van der Waals surface area (Å²) in [6.45, 7) is 9.53. The molecule has 0 aliphatic heterocycles. The second kappa shape index (κ2) is 10.1. The van der Waals surface area contributed by atoms with Gasteiger partial charge in [-0.2, -0.15) is 5.10 Å². The zero-order valence-electron chi connectivity index (χ0n) is 17.0. The molecule has 0 aliphatic rings. The highest BCUT2D eigenvalue weighted by atomic mass is 32.1. The summed E-state index contributed by atoms with van der Waals surface area (Å²) >= 11 is 5.36. The first-order chi connectivity index (χ1) is 12.9. The number of hydrogen-bond donors (Lipinski definition) is 2. The number of nitrogens with zero attached hydrogens (tertiary/aromatic N) is 2. The van der Waals surface area contributed by atoms with Crippen LogP contribution in [0, 0.1) is 20.8 Å². The molecule has 144 valence electrons. The molecule has 0 amide bonds. The summed E-state index contributed by atoms with van der Waals surface area (Å²) in [6.07, 6.45) is 4.18. The van der Waals surface area contributed by atoms with Crippen LogP contribution < -0.4 is 15.6 Å². The van der Waals surface area contributed by atoms with Crippen molar-refractivity contribution in [2.75, 3.05) is 23.8 Å². The predicted molar refractivity (Wildman–Crippen MR) is 122 cm³/mol. The van der Waals surface area contributed by atoms with E-state index in [1.54, 1.807) is 6.21 Å². The minimum Gasteiger partial charge on any atom is -0.375 e. The zero-order chi connectivity index (χ0) is 19.8. The molecular weight excluding hydrogens is 352 g/mol. The van der Waals surface area contributed by atoms with Gasteiger partial charge in [0, 0.05) is 25.0 Å². The van der Waals surface area contributed by atoms with Crippen molar-refractivity contribution in [3.05, 3.63) is 58.7 Å². The molecule has 0 radical (unpaired) electrons. The third kappa shape index (κ3) is 6.36. The third-order valence-corrected chi connectivity index (χ3v) is 4.67. The Morgan fingerprint density at radius 1 is 1.11 bits per heavy atom. The Morgan fingerprint density at radius 3 is 2.33 bits per heavy atom. The van der Waals surface area contributed by atoms with Crippen molar-refractivity contribution in [2.24, 2.45) is 5.10 Å². The van der Waals surface area contributed by atoms with Crippen LogP contribution >= 0.6 is 12.2 Å². The Bertz CT molecular complexity index is 773. The van der Waals surface area contributed by atoms with Crippen LogP contribution in [0.15, 0.2) is 41.5 Å². The Hall–Kier alpha value is -2.40. The highest BCUT2D eigenvalue weighted by Gasteiger charge is 2.05.